The Hall–Kier alpha value is 0.150. The highest BCUT2D eigenvalue weighted by atomic mass is 79.9. The fourth-order valence-corrected chi connectivity index (χ4v) is 2.10. The fraction of sp³-hybridized carbons (Fsp3) is 0.818. The Morgan fingerprint density at radius 1 is 1.39 bits per heavy atom. The number of hydrogen-bond acceptors (Lipinski definition) is 6. The molecule has 0 heterocycles. The summed E-state index contributed by atoms with van der Waals surface area (Å²) in [7, 11) is 0. The lowest BCUT2D eigenvalue weighted by Crippen LogP contribution is -2.28. The SMILES string of the molecule is CCOC(=S)SC(C)OCCOC(=O)C(C)(C)Br. The van der Waals surface area contributed by atoms with Crippen LogP contribution in [0.2, 0.25) is 0 Å². The van der Waals surface area contributed by atoms with Crippen LogP contribution in [0, 0.1) is 0 Å². The number of ether oxygens (including phenoxy) is 3. The van der Waals surface area contributed by atoms with E-state index in [9.17, 15) is 4.79 Å². The van der Waals surface area contributed by atoms with Crippen molar-refractivity contribution in [3.8, 4) is 0 Å². The molecule has 0 aromatic rings. The average Bonchev–Trinajstić information content (AvgIpc) is 2.22. The zero-order valence-electron chi connectivity index (χ0n) is 11.0. The van der Waals surface area contributed by atoms with E-state index in [2.05, 4.69) is 15.9 Å². The number of rotatable bonds is 7. The highest BCUT2D eigenvalue weighted by Gasteiger charge is 2.25. The molecule has 0 aromatic carbocycles. The van der Waals surface area contributed by atoms with E-state index in [-0.39, 0.29) is 18.0 Å². The number of esters is 1. The van der Waals surface area contributed by atoms with Crippen molar-refractivity contribution in [2.75, 3.05) is 19.8 Å². The number of hydrogen-bond donors (Lipinski definition) is 0. The van der Waals surface area contributed by atoms with Gasteiger partial charge in [0, 0.05) is 0 Å². The van der Waals surface area contributed by atoms with E-state index < -0.39 is 4.32 Å². The molecule has 0 fully saturated rings. The third-order valence-electron chi connectivity index (χ3n) is 1.68. The zero-order valence-corrected chi connectivity index (χ0v) is 14.2. The summed E-state index contributed by atoms with van der Waals surface area (Å²) in [6.45, 7) is 8.31. The molecule has 7 heteroatoms. The van der Waals surface area contributed by atoms with Crippen molar-refractivity contribution >= 4 is 50.3 Å². The van der Waals surface area contributed by atoms with Gasteiger partial charge < -0.3 is 14.2 Å². The minimum atomic E-state index is -0.663. The van der Waals surface area contributed by atoms with Crippen molar-refractivity contribution < 1.29 is 19.0 Å². The molecule has 18 heavy (non-hydrogen) atoms. The number of carbonyl (C=O) groups is 1. The normalized spacial score (nSPS) is 12.9. The second-order valence-electron chi connectivity index (χ2n) is 3.85. The first kappa shape index (κ1) is 18.1. The van der Waals surface area contributed by atoms with E-state index in [1.165, 1.54) is 11.8 Å². The third kappa shape index (κ3) is 9.13. The largest absolute Gasteiger partial charge is 0.479 e. The number of alkyl halides is 1. The summed E-state index contributed by atoms with van der Waals surface area (Å²) in [6, 6.07) is 0. The first-order valence-electron chi connectivity index (χ1n) is 5.58. The van der Waals surface area contributed by atoms with Crippen LogP contribution in [0.5, 0.6) is 0 Å². The topological polar surface area (TPSA) is 44.8 Å². The van der Waals surface area contributed by atoms with E-state index in [1.807, 2.05) is 13.8 Å². The van der Waals surface area contributed by atoms with Gasteiger partial charge in [-0.1, -0.05) is 15.9 Å². The second kappa shape index (κ2) is 9.12. The summed E-state index contributed by atoms with van der Waals surface area (Å²) in [4.78, 5) is 11.4. The number of carbonyl (C=O) groups excluding carboxylic acids is 1. The zero-order chi connectivity index (χ0) is 14.2. The van der Waals surface area contributed by atoms with Gasteiger partial charge in [0.2, 0.25) is 4.38 Å². The van der Waals surface area contributed by atoms with Gasteiger partial charge in [0.1, 0.15) is 16.4 Å². The van der Waals surface area contributed by atoms with E-state index in [1.54, 1.807) is 13.8 Å². The van der Waals surface area contributed by atoms with Crippen LogP contribution >= 0.6 is 39.9 Å². The molecule has 1 atom stereocenters. The first-order chi connectivity index (χ1) is 8.27. The van der Waals surface area contributed by atoms with Crippen molar-refractivity contribution in [3.63, 3.8) is 0 Å². The molecule has 0 saturated heterocycles. The monoisotopic (exact) mass is 358 g/mol. The van der Waals surface area contributed by atoms with Gasteiger partial charge in [0.05, 0.1) is 13.2 Å². The predicted molar refractivity (Wildman–Crippen MR) is 81.2 cm³/mol. The molecule has 0 N–H and O–H groups in total. The molecule has 0 saturated carbocycles. The van der Waals surface area contributed by atoms with Crippen LogP contribution < -0.4 is 0 Å². The molecule has 106 valence electrons. The van der Waals surface area contributed by atoms with E-state index in [0.717, 1.165) is 0 Å². The maximum Gasteiger partial charge on any atom is 0.322 e. The Labute approximate surface area is 126 Å². The smallest absolute Gasteiger partial charge is 0.322 e. The maximum atomic E-state index is 11.4. The summed E-state index contributed by atoms with van der Waals surface area (Å²) in [5.41, 5.74) is -0.125. The van der Waals surface area contributed by atoms with Crippen LogP contribution in [0.3, 0.4) is 0 Å². The Kier molecular flexibility index (Phi) is 9.19. The lowest BCUT2D eigenvalue weighted by molar-refractivity contribution is -0.147. The summed E-state index contributed by atoms with van der Waals surface area (Å²) in [5.74, 6) is -0.309. The summed E-state index contributed by atoms with van der Waals surface area (Å²) in [5, 5.41) is 0. The molecular weight excluding hydrogens is 340 g/mol. The van der Waals surface area contributed by atoms with Gasteiger partial charge in [0.25, 0.3) is 0 Å². The van der Waals surface area contributed by atoms with Gasteiger partial charge in [-0.25, -0.2) is 0 Å². The molecular formula is C11H19BrO4S2. The molecule has 0 aliphatic rings. The molecule has 0 amide bonds. The highest BCUT2D eigenvalue weighted by molar-refractivity contribution is 9.10. The van der Waals surface area contributed by atoms with Crippen LogP contribution in [0.1, 0.15) is 27.7 Å². The van der Waals surface area contributed by atoms with Crippen LogP contribution in [0.15, 0.2) is 0 Å². The Balaban J connectivity index is 3.66. The first-order valence-corrected chi connectivity index (χ1v) is 7.66. The van der Waals surface area contributed by atoms with E-state index >= 15 is 0 Å². The van der Waals surface area contributed by atoms with Gasteiger partial charge in [-0.15, -0.1) is 0 Å². The standard InChI is InChI=1S/C11H19BrO4S2/c1-5-14-10(17)18-8(2)15-6-7-16-9(13)11(3,4)12/h8H,5-7H2,1-4H3. The molecule has 0 spiro atoms. The van der Waals surface area contributed by atoms with Crippen molar-refractivity contribution in [3.05, 3.63) is 0 Å². The van der Waals surface area contributed by atoms with Crippen LogP contribution in [-0.2, 0) is 19.0 Å². The highest BCUT2D eigenvalue weighted by Crippen LogP contribution is 2.18. The molecule has 1 unspecified atom stereocenters. The predicted octanol–water partition coefficient (Wildman–Crippen LogP) is 3.12. The van der Waals surface area contributed by atoms with Crippen LogP contribution in [0.4, 0.5) is 0 Å². The number of thioether (sulfide) groups is 1. The molecule has 4 nitrogen and oxygen atoms in total. The van der Waals surface area contributed by atoms with Crippen molar-refractivity contribution in [2.45, 2.75) is 37.5 Å². The van der Waals surface area contributed by atoms with E-state index in [4.69, 9.17) is 26.4 Å². The Bertz CT molecular complexity index is 279. The number of thiocarbonyl (C=S) groups is 1. The summed E-state index contributed by atoms with van der Waals surface area (Å²) in [6.07, 6.45) is 0. The van der Waals surface area contributed by atoms with Gasteiger partial charge >= 0.3 is 5.97 Å². The quantitative estimate of drug-likeness (QED) is 0.229. The fourth-order valence-electron chi connectivity index (χ4n) is 0.841. The van der Waals surface area contributed by atoms with E-state index in [0.29, 0.717) is 17.6 Å². The molecule has 0 aromatic heterocycles. The Morgan fingerprint density at radius 2 is 2.00 bits per heavy atom. The van der Waals surface area contributed by atoms with Gasteiger partial charge in [-0.05, 0) is 51.7 Å². The molecule has 0 radical (unpaired) electrons. The third-order valence-corrected chi connectivity index (χ3v) is 3.19. The van der Waals surface area contributed by atoms with Gasteiger partial charge in [-0.2, -0.15) is 0 Å². The molecule has 0 aliphatic carbocycles. The van der Waals surface area contributed by atoms with Gasteiger partial charge in [0.15, 0.2) is 0 Å². The molecule has 0 aliphatic heterocycles. The lowest BCUT2D eigenvalue weighted by Gasteiger charge is -2.16. The van der Waals surface area contributed by atoms with Crippen molar-refractivity contribution in [1.82, 2.24) is 0 Å². The summed E-state index contributed by atoms with van der Waals surface area (Å²) < 4.78 is 15.4. The maximum absolute atomic E-state index is 11.4. The van der Waals surface area contributed by atoms with Crippen molar-refractivity contribution in [2.24, 2.45) is 0 Å². The van der Waals surface area contributed by atoms with Crippen molar-refractivity contribution in [1.29, 1.82) is 0 Å². The lowest BCUT2D eigenvalue weighted by atomic mass is 10.2. The van der Waals surface area contributed by atoms with Crippen LogP contribution in [0.25, 0.3) is 0 Å². The van der Waals surface area contributed by atoms with Gasteiger partial charge in [-0.3, -0.25) is 4.79 Å². The molecule has 0 bridgehead atoms. The summed E-state index contributed by atoms with van der Waals surface area (Å²) >= 11 is 9.52. The number of halogens is 1. The molecule has 0 rings (SSSR count). The minimum Gasteiger partial charge on any atom is -0.479 e. The minimum absolute atomic E-state index is 0.125. The average molecular weight is 359 g/mol. The second-order valence-corrected chi connectivity index (χ2v) is 7.73. The Morgan fingerprint density at radius 3 is 2.50 bits per heavy atom. The van der Waals surface area contributed by atoms with Crippen LogP contribution in [-0.4, -0.2) is 39.9 Å².